The Morgan fingerprint density at radius 3 is 2.72 bits per heavy atom. The van der Waals surface area contributed by atoms with E-state index in [0.717, 1.165) is 56.3 Å². The lowest BCUT2D eigenvalue weighted by atomic mass is 10.1. The second-order valence-corrected chi connectivity index (χ2v) is 6.33. The second kappa shape index (κ2) is 8.92. The van der Waals surface area contributed by atoms with E-state index >= 15 is 0 Å². The fourth-order valence-corrected chi connectivity index (χ4v) is 2.93. The molecule has 2 heterocycles. The van der Waals surface area contributed by atoms with Crippen LogP contribution in [0.15, 0.2) is 18.2 Å². The van der Waals surface area contributed by atoms with Crippen LogP contribution >= 0.6 is 0 Å². The largest absolute Gasteiger partial charge is 0.490 e. The number of amides is 2. The summed E-state index contributed by atoms with van der Waals surface area (Å²) >= 11 is 0. The molecule has 7 nitrogen and oxygen atoms in total. The number of hydrogen-bond acceptors (Lipinski definition) is 5. The van der Waals surface area contributed by atoms with E-state index < -0.39 is 0 Å². The maximum atomic E-state index is 12.1. The van der Waals surface area contributed by atoms with E-state index in [0.29, 0.717) is 19.8 Å². The third kappa shape index (κ3) is 5.24. The number of hydrogen-bond donors (Lipinski definition) is 2. The van der Waals surface area contributed by atoms with Crippen molar-refractivity contribution in [2.45, 2.75) is 19.4 Å². The third-order valence-electron chi connectivity index (χ3n) is 4.44. The van der Waals surface area contributed by atoms with Gasteiger partial charge in [0.2, 0.25) is 0 Å². The summed E-state index contributed by atoms with van der Waals surface area (Å²) in [6.07, 6.45) is 0.878. The standard InChI is InChI=1S/C18H27N3O4/c1-14(15-3-4-16-17(13-15)25-10-2-9-24-16)20-18(22)19-5-6-21-7-11-23-12-8-21/h3-4,13-14H,2,5-12H2,1H3,(H2,19,20,22)/t14-/m0/s1. The fraction of sp³-hybridized carbons (Fsp3) is 0.611. The Bertz CT molecular complexity index is 575. The molecule has 0 aromatic heterocycles. The van der Waals surface area contributed by atoms with E-state index in [1.54, 1.807) is 0 Å². The topological polar surface area (TPSA) is 72.1 Å². The third-order valence-corrected chi connectivity index (χ3v) is 4.44. The van der Waals surface area contributed by atoms with Crippen molar-refractivity contribution in [3.8, 4) is 11.5 Å². The Hall–Kier alpha value is -1.99. The quantitative estimate of drug-likeness (QED) is 0.844. The molecule has 2 aliphatic rings. The molecule has 0 aliphatic carbocycles. The average molecular weight is 349 g/mol. The van der Waals surface area contributed by atoms with Crippen molar-refractivity contribution in [3.05, 3.63) is 23.8 Å². The number of urea groups is 1. The van der Waals surface area contributed by atoms with Gasteiger partial charge < -0.3 is 24.8 Å². The number of rotatable bonds is 5. The van der Waals surface area contributed by atoms with Crippen LogP contribution in [0.3, 0.4) is 0 Å². The molecule has 3 rings (SSSR count). The molecule has 1 saturated heterocycles. The molecule has 138 valence electrons. The number of benzene rings is 1. The molecule has 1 aromatic rings. The van der Waals surface area contributed by atoms with Gasteiger partial charge in [-0.05, 0) is 24.6 Å². The highest BCUT2D eigenvalue weighted by Crippen LogP contribution is 2.32. The van der Waals surface area contributed by atoms with Crippen molar-refractivity contribution in [2.75, 3.05) is 52.6 Å². The summed E-state index contributed by atoms with van der Waals surface area (Å²) in [5.74, 6) is 1.51. The number of morpholine rings is 1. The van der Waals surface area contributed by atoms with E-state index in [-0.39, 0.29) is 12.1 Å². The normalized spacial score (nSPS) is 18.9. The van der Waals surface area contributed by atoms with Crippen molar-refractivity contribution in [1.82, 2.24) is 15.5 Å². The number of fused-ring (bicyclic) bond motifs is 1. The first-order valence-corrected chi connectivity index (χ1v) is 8.96. The molecule has 0 radical (unpaired) electrons. The number of carbonyl (C=O) groups excluding carboxylic acids is 1. The van der Waals surface area contributed by atoms with E-state index in [1.807, 2.05) is 25.1 Å². The summed E-state index contributed by atoms with van der Waals surface area (Å²) in [7, 11) is 0. The molecule has 2 N–H and O–H groups in total. The molecule has 1 aromatic carbocycles. The predicted molar refractivity (Wildman–Crippen MR) is 94.3 cm³/mol. The molecule has 0 saturated carbocycles. The number of carbonyl (C=O) groups is 1. The summed E-state index contributed by atoms with van der Waals surface area (Å²) < 4.78 is 16.7. The smallest absolute Gasteiger partial charge is 0.315 e. The van der Waals surface area contributed by atoms with E-state index in [4.69, 9.17) is 14.2 Å². The van der Waals surface area contributed by atoms with Crippen molar-refractivity contribution < 1.29 is 19.0 Å². The minimum atomic E-state index is -0.159. The maximum Gasteiger partial charge on any atom is 0.315 e. The van der Waals surface area contributed by atoms with Crippen LogP contribution < -0.4 is 20.1 Å². The molecule has 2 amide bonds. The van der Waals surface area contributed by atoms with E-state index in [9.17, 15) is 4.79 Å². The van der Waals surface area contributed by atoms with Gasteiger partial charge in [0.25, 0.3) is 0 Å². The van der Waals surface area contributed by atoms with Gasteiger partial charge in [-0.15, -0.1) is 0 Å². The van der Waals surface area contributed by atoms with E-state index in [1.165, 1.54) is 0 Å². The number of ether oxygens (including phenoxy) is 3. The molecular weight excluding hydrogens is 322 g/mol. The zero-order valence-corrected chi connectivity index (χ0v) is 14.8. The van der Waals surface area contributed by atoms with Crippen LogP contribution in [0.1, 0.15) is 24.9 Å². The lowest BCUT2D eigenvalue weighted by Gasteiger charge is -2.26. The second-order valence-electron chi connectivity index (χ2n) is 6.33. The van der Waals surface area contributed by atoms with E-state index in [2.05, 4.69) is 15.5 Å². The lowest BCUT2D eigenvalue weighted by Crippen LogP contribution is -2.44. The Morgan fingerprint density at radius 2 is 1.92 bits per heavy atom. The Labute approximate surface area is 148 Å². The first-order chi connectivity index (χ1) is 12.2. The van der Waals surface area contributed by atoms with Crippen LogP contribution in [0, 0.1) is 0 Å². The van der Waals surface area contributed by atoms with Crippen molar-refractivity contribution in [3.63, 3.8) is 0 Å². The highest BCUT2D eigenvalue weighted by Gasteiger charge is 2.15. The van der Waals surface area contributed by atoms with Crippen molar-refractivity contribution in [2.24, 2.45) is 0 Å². The van der Waals surface area contributed by atoms with Crippen LogP contribution in [0.25, 0.3) is 0 Å². The molecular formula is C18H27N3O4. The van der Waals surface area contributed by atoms with Gasteiger partial charge in [0.05, 0.1) is 32.5 Å². The van der Waals surface area contributed by atoms with Gasteiger partial charge >= 0.3 is 6.03 Å². The van der Waals surface area contributed by atoms with Gasteiger partial charge in [0.15, 0.2) is 11.5 Å². The molecule has 2 aliphatic heterocycles. The SMILES string of the molecule is C[C@H](NC(=O)NCCN1CCOCC1)c1ccc2c(c1)OCCCO2. The first-order valence-electron chi connectivity index (χ1n) is 8.96. The lowest BCUT2D eigenvalue weighted by molar-refractivity contribution is 0.0387. The first kappa shape index (κ1) is 17.8. The summed E-state index contributed by atoms with van der Waals surface area (Å²) in [6, 6.07) is 5.55. The zero-order chi connectivity index (χ0) is 17.5. The minimum absolute atomic E-state index is 0.111. The zero-order valence-electron chi connectivity index (χ0n) is 14.8. The molecule has 0 bridgehead atoms. The molecule has 1 fully saturated rings. The van der Waals surface area contributed by atoms with Gasteiger partial charge in [-0.1, -0.05) is 6.07 Å². The Morgan fingerprint density at radius 1 is 1.16 bits per heavy atom. The maximum absolute atomic E-state index is 12.1. The molecule has 0 spiro atoms. The fourth-order valence-electron chi connectivity index (χ4n) is 2.93. The van der Waals surface area contributed by atoms with Crippen LogP contribution in [0.5, 0.6) is 11.5 Å². The highest BCUT2D eigenvalue weighted by molar-refractivity contribution is 5.74. The molecule has 25 heavy (non-hydrogen) atoms. The van der Waals surface area contributed by atoms with Crippen LogP contribution in [0.2, 0.25) is 0 Å². The number of nitrogens with one attached hydrogen (secondary N) is 2. The Kier molecular flexibility index (Phi) is 6.36. The van der Waals surface area contributed by atoms with Crippen LogP contribution in [0.4, 0.5) is 4.79 Å². The van der Waals surface area contributed by atoms with Gasteiger partial charge in [0, 0.05) is 32.6 Å². The molecule has 0 unspecified atom stereocenters. The van der Waals surface area contributed by atoms with Gasteiger partial charge in [-0.3, -0.25) is 4.90 Å². The highest BCUT2D eigenvalue weighted by atomic mass is 16.5. The van der Waals surface area contributed by atoms with Gasteiger partial charge in [0.1, 0.15) is 0 Å². The summed E-state index contributed by atoms with van der Waals surface area (Å²) in [4.78, 5) is 14.4. The van der Waals surface area contributed by atoms with Gasteiger partial charge in [-0.2, -0.15) is 0 Å². The summed E-state index contributed by atoms with van der Waals surface area (Å²) in [5, 5.41) is 5.88. The van der Waals surface area contributed by atoms with Crippen molar-refractivity contribution >= 4 is 6.03 Å². The van der Waals surface area contributed by atoms with Gasteiger partial charge in [-0.25, -0.2) is 4.79 Å². The average Bonchev–Trinajstić information content (AvgIpc) is 2.87. The number of nitrogens with zero attached hydrogens (tertiary/aromatic N) is 1. The molecule has 1 atom stereocenters. The predicted octanol–water partition coefficient (Wildman–Crippen LogP) is 1.54. The van der Waals surface area contributed by atoms with Crippen molar-refractivity contribution in [1.29, 1.82) is 0 Å². The monoisotopic (exact) mass is 349 g/mol. The summed E-state index contributed by atoms with van der Waals surface area (Å²) in [6.45, 7) is 8.15. The van der Waals surface area contributed by atoms with Crippen LogP contribution in [-0.4, -0.2) is 63.5 Å². The Balaban J connectivity index is 1.45. The summed E-state index contributed by atoms with van der Waals surface area (Å²) in [5.41, 5.74) is 0.993. The van der Waals surface area contributed by atoms with Crippen LogP contribution in [-0.2, 0) is 4.74 Å². The molecule has 7 heteroatoms. The minimum Gasteiger partial charge on any atom is -0.490 e.